The van der Waals surface area contributed by atoms with E-state index in [1.165, 1.54) is 89.1 Å². The maximum atomic E-state index is 14.6. The Morgan fingerprint density at radius 1 is 0.558 bits per heavy atom. The van der Waals surface area contributed by atoms with Gasteiger partial charge in [0.1, 0.15) is 45.1 Å². The molecular weight excluding hydrogens is 574 g/mol. The first-order chi connectivity index (χ1) is 20.7. The second-order valence-electron chi connectivity index (χ2n) is 9.47. The Bertz CT molecular complexity index is 1580. The lowest BCUT2D eigenvalue weighted by Gasteiger charge is -2.22. The summed E-state index contributed by atoms with van der Waals surface area (Å²) in [5.74, 6) is 1.11. The third kappa shape index (κ3) is 7.42. The van der Waals surface area contributed by atoms with E-state index in [0.717, 1.165) is 0 Å². The first-order valence-electron chi connectivity index (χ1n) is 13.2. The van der Waals surface area contributed by atoms with E-state index in [1.54, 1.807) is 48.6 Å². The van der Waals surface area contributed by atoms with E-state index in [9.17, 15) is 17.2 Å². The summed E-state index contributed by atoms with van der Waals surface area (Å²) in [7, 11) is 1.92. The summed E-state index contributed by atoms with van der Waals surface area (Å²) >= 11 is 0. The molecular formula is C34H32F2O6S. The highest BCUT2D eigenvalue weighted by Crippen LogP contribution is 2.39. The van der Waals surface area contributed by atoms with Crippen LogP contribution in [0.4, 0.5) is 8.78 Å². The summed E-state index contributed by atoms with van der Waals surface area (Å²) in [5.41, 5.74) is 1.94. The van der Waals surface area contributed by atoms with E-state index in [4.69, 9.17) is 18.9 Å². The van der Waals surface area contributed by atoms with Crippen LogP contribution in [0, 0.1) is 11.6 Å². The maximum Gasteiger partial charge on any atom is 0.171 e. The van der Waals surface area contributed by atoms with Gasteiger partial charge in [-0.15, -0.1) is 0 Å². The fourth-order valence-corrected chi connectivity index (χ4v) is 6.56. The van der Waals surface area contributed by atoms with Crippen LogP contribution in [0.15, 0.2) is 97.1 Å². The van der Waals surface area contributed by atoms with E-state index in [-0.39, 0.29) is 0 Å². The van der Waals surface area contributed by atoms with E-state index in [2.05, 4.69) is 0 Å². The number of hydrogen-bond donors (Lipinski definition) is 0. The van der Waals surface area contributed by atoms with Crippen molar-refractivity contribution in [2.75, 3.05) is 28.4 Å². The molecule has 4 aromatic carbocycles. The van der Waals surface area contributed by atoms with E-state index >= 15 is 0 Å². The number of sulfone groups is 1. The largest absolute Gasteiger partial charge is 0.497 e. The van der Waals surface area contributed by atoms with Gasteiger partial charge in [0.2, 0.25) is 0 Å². The molecule has 4 rings (SSSR count). The number of halogens is 2. The lowest BCUT2D eigenvalue weighted by molar-refractivity contribution is 0.393. The van der Waals surface area contributed by atoms with Crippen LogP contribution < -0.4 is 18.9 Å². The fraction of sp³-hybridized carbons (Fsp3) is 0.176. The molecule has 0 saturated heterocycles. The molecule has 0 aliphatic carbocycles. The van der Waals surface area contributed by atoms with Crippen molar-refractivity contribution in [3.63, 3.8) is 0 Å². The highest BCUT2D eigenvalue weighted by molar-refractivity contribution is 7.92. The molecule has 224 valence electrons. The average Bonchev–Trinajstić information content (AvgIpc) is 3.02. The monoisotopic (exact) mass is 606 g/mol. The Balaban J connectivity index is 1.86. The van der Waals surface area contributed by atoms with Crippen LogP contribution in [-0.2, 0) is 9.84 Å². The third-order valence-corrected chi connectivity index (χ3v) is 9.16. The summed E-state index contributed by atoms with van der Waals surface area (Å²) in [6, 6.07) is 20.9. The zero-order valence-electron chi connectivity index (χ0n) is 24.2. The predicted molar refractivity (Wildman–Crippen MR) is 164 cm³/mol. The molecule has 2 atom stereocenters. The zero-order chi connectivity index (χ0) is 31.0. The summed E-state index contributed by atoms with van der Waals surface area (Å²) in [4.78, 5) is 0. The molecule has 0 spiro atoms. The van der Waals surface area contributed by atoms with Crippen molar-refractivity contribution >= 4 is 22.0 Å². The Kier molecular flexibility index (Phi) is 10.2. The molecule has 6 nitrogen and oxygen atoms in total. The second kappa shape index (κ2) is 14.0. The van der Waals surface area contributed by atoms with Gasteiger partial charge in [0, 0.05) is 23.3 Å². The molecule has 0 amide bonds. The van der Waals surface area contributed by atoms with Crippen molar-refractivity contribution in [3.8, 4) is 23.0 Å². The summed E-state index contributed by atoms with van der Waals surface area (Å²) in [6.07, 6.45) is 6.35. The molecule has 0 aliphatic rings. The van der Waals surface area contributed by atoms with Crippen LogP contribution in [0.1, 0.15) is 32.8 Å². The van der Waals surface area contributed by atoms with Gasteiger partial charge in [0.25, 0.3) is 0 Å². The number of methoxy groups -OCH3 is 4. The van der Waals surface area contributed by atoms with Gasteiger partial charge in [0.15, 0.2) is 9.84 Å². The summed E-state index contributed by atoms with van der Waals surface area (Å²) < 4.78 is 78.4. The van der Waals surface area contributed by atoms with Crippen LogP contribution in [0.5, 0.6) is 23.0 Å². The normalized spacial score (nSPS) is 13.2. The van der Waals surface area contributed by atoms with Gasteiger partial charge in [-0.05, 0) is 59.7 Å². The second-order valence-corrected chi connectivity index (χ2v) is 11.7. The Morgan fingerprint density at radius 3 is 1.26 bits per heavy atom. The van der Waals surface area contributed by atoms with Crippen LogP contribution in [0.25, 0.3) is 12.2 Å². The molecule has 2 unspecified atom stereocenters. The van der Waals surface area contributed by atoms with Crippen LogP contribution in [0.2, 0.25) is 0 Å². The van der Waals surface area contributed by atoms with Gasteiger partial charge in [-0.2, -0.15) is 0 Å². The lowest BCUT2D eigenvalue weighted by atomic mass is 10.1. The van der Waals surface area contributed by atoms with Gasteiger partial charge in [-0.1, -0.05) is 48.6 Å². The maximum absolute atomic E-state index is 14.6. The number of benzene rings is 4. The standard InChI is InChI=1S/C34H32F2O6S/c1-39-29-17-9-23(31(21-29)41-3)11-19-33(25-5-13-27(35)14-6-25)43(37,38)34(26-7-15-28(36)16-8-26)20-12-24-10-18-30(40-2)22-32(24)42-4/h5-22,33-34H,1-4H3/b19-11-,20-12-. The number of ether oxygens (including phenoxy) is 4. The first kappa shape index (κ1) is 31.3. The van der Waals surface area contributed by atoms with Crippen molar-refractivity contribution in [1.82, 2.24) is 0 Å². The van der Waals surface area contributed by atoms with E-state index in [0.29, 0.717) is 45.3 Å². The highest BCUT2D eigenvalue weighted by Gasteiger charge is 2.33. The van der Waals surface area contributed by atoms with Crippen LogP contribution in [0.3, 0.4) is 0 Å². The number of hydrogen-bond acceptors (Lipinski definition) is 6. The quantitative estimate of drug-likeness (QED) is 0.165. The van der Waals surface area contributed by atoms with Crippen molar-refractivity contribution in [3.05, 3.63) is 131 Å². The highest BCUT2D eigenvalue weighted by atomic mass is 32.2. The van der Waals surface area contributed by atoms with Crippen LogP contribution in [-0.4, -0.2) is 36.9 Å². The molecule has 0 fully saturated rings. The number of rotatable bonds is 12. The minimum Gasteiger partial charge on any atom is -0.497 e. The van der Waals surface area contributed by atoms with Gasteiger partial charge in [0.05, 0.1) is 28.4 Å². The average molecular weight is 607 g/mol. The molecule has 0 heterocycles. The van der Waals surface area contributed by atoms with Gasteiger partial charge >= 0.3 is 0 Å². The van der Waals surface area contributed by atoms with Crippen molar-refractivity contribution in [2.24, 2.45) is 0 Å². The van der Waals surface area contributed by atoms with Crippen LogP contribution >= 0.6 is 0 Å². The molecule has 0 bridgehead atoms. The van der Waals surface area contributed by atoms with Gasteiger partial charge < -0.3 is 18.9 Å². The molecule has 0 N–H and O–H groups in total. The molecule has 9 heteroatoms. The Morgan fingerprint density at radius 2 is 0.930 bits per heavy atom. The Hall–Kier alpha value is -4.63. The molecule has 0 aromatic heterocycles. The summed E-state index contributed by atoms with van der Waals surface area (Å²) in [5, 5.41) is -2.42. The van der Waals surface area contributed by atoms with Crippen molar-refractivity contribution in [1.29, 1.82) is 0 Å². The molecule has 0 aliphatic heterocycles. The smallest absolute Gasteiger partial charge is 0.171 e. The molecule has 4 aromatic rings. The van der Waals surface area contributed by atoms with Gasteiger partial charge in [-0.25, -0.2) is 17.2 Å². The predicted octanol–water partition coefficient (Wildman–Crippen LogP) is 7.62. The van der Waals surface area contributed by atoms with Gasteiger partial charge in [-0.3, -0.25) is 0 Å². The van der Waals surface area contributed by atoms with Crippen molar-refractivity contribution < 1.29 is 36.1 Å². The lowest BCUT2D eigenvalue weighted by Crippen LogP contribution is -2.19. The third-order valence-electron chi connectivity index (χ3n) is 6.89. The zero-order valence-corrected chi connectivity index (χ0v) is 25.0. The van der Waals surface area contributed by atoms with E-state index in [1.807, 2.05) is 0 Å². The van der Waals surface area contributed by atoms with E-state index < -0.39 is 32.0 Å². The molecule has 43 heavy (non-hydrogen) atoms. The SMILES string of the molecule is COc1ccc(/C=C\C(c2ccc(F)cc2)S(=O)(=O)C(/C=C\c2ccc(OC)cc2OC)c2ccc(F)cc2)c(OC)c1. The summed E-state index contributed by atoms with van der Waals surface area (Å²) in [6.45, 7) is 0. The first-order valence-corrected chi connectivity index (χ1v) is 14.8. The Labute approximate surface area is 250 Å². The minimum atomic E-state index is -4.15. The molecule has 0 saturated carbocycles. The minimum absolute atomic E-state index is 0.354. The molecule has 0 radical (unpaired) electrons. The fourth-order valence-electron chi connectivity index (χ4n) is 4.58. The topological polar surface area (TPSA) is 71.1 Å². The van der Waals surface area contributed by atoms with Crippen molar-refractivity contribution in [2.45, 2.75) is 10.5 Å².